The molecular formula is C22H18ClN7O2S. The van der Waals surface area contributed by atoms with E-state index in [-0.39, 0.29) is 16.7 Å². The summed E-state index contributed by atoms with van der Waals surface area (Å²) in [4.78, 5) is 31.5. The third-order valence-electron chi connectivity index (χ3n) is 6.45. The molecule has 1 spiro atoms. The van der Waals surface area contributed by atoms with Crippen LogP contribution in [0.4, 0.5) is 5.69 Å². The van der Waals surface area contributed by atoms with E-state index in [0.29, 0.717) is 28.7 Å². The van der Waals surface area contributed by atoms with Crippen LogP contribution in [-0.2, 0) is 13.0 Å². The van der Waals surface area contributed by atoms with E-state index >= 15 is 0 Å². The van der Waals surface area contributed by atoms with Crippen LogP contribution < -0.4 is 20.7 Å². The molecule has 1 saturated carbocycles. The lowest BCUT2D eigenvalue weighted by Crippen LogP contribution is -2.39. The van der Waals surface area contributed by atoms with E-state index in [1.54, 1.807) is 6.20 Å². The summed E-state index contributed by atoms with van der Waals surface area (Å²) in [7, 11) is 0. The van der Waals surface area contributed by atoms with Gasteiger partial charge >= 0.3 is 0 Å². The minimum Gasteiger partial charge on any atom is -0.418 e. The van der Waals surface area contributed by atoms with E-state index in [1.807, 2.05) is 12.1 Å². The fourth-order valence-corrected chi connectivity index (χ4v) is 5.80. The van der Waals surface area contributed by atoms with Crippen molar-refractivity contribution >= 4 is 55.7 Å². The first-order chi connectivity index (χ1) is 16.1. The molecular weight excluding hydrogens is 462 g/mol. The fraction of sp³-hybridized carbons (Fsp3) is 0.318. The Morgan fingerprint density at radius 1 is 1.18 bits per heavy atom. The lowest BCUT2D eigenvalue weighted by atomic mass is 10.1. The number of hydrogen-bond acceptors (Lipinski definition) is 9. The summed E-state index contributed by atoms with van der Waals surface area (Å²) in [5, 5.41) is 11.1. The van der Waals surface area contributed by atoms with Gasteiger partial charge in [-0.25, -0.2) is 15.0 Å². The van der Waals surface area contributed by atoms with Gasteiger partial charge in [-0.2, -0.15) is 4.98 Å². The van der Waals surface area contributed by atoms with Crippen LogP contribution >= 0.6 is 22.9 Å². The Morgan fingerprint density at radius 3 is 2.97 bits per heavy atom. The van der Waals surface area contributed by atoms with Gasteiger partial charge in [-0.05, 0) is 36.6 Å². The predicted octanol–water partition coefficient (Wildman–Crippen LogP) is 3.41. The van der Waals surface area contributed by atoms with Crippen molar-refractivity contribution in [1.29, 1.82) is 0 Å². The molecule has 3 N–H and O–H groups in total. The van der Waals surface area contributed by atoms with Gasteiger partial charge in [-0.1, -0.05) is 0 Å². The number of hydrogen-bond donors (Lipinski definition) is 3. The largest absolute Gasteiger partial charge is 0.418 e. The molecule has 9 nitrogen and oxygen atoms in total. The number of anilines is 1. The normalized spacial score (nSPS) is 18.4. The molecule has 1 fully saturated rings. The van der Waals surface area contributed by atoms with E-state index in [2.05, 4.69) is 35.9 Å². The van der Waals surface area contributed by atoms with E-state index in [4.69, 9.17) is 16.3 Å². The van der Waals surface area contributed by atoms with Gasteiger partial charge in [0.25, 0.3) is 5.91 Å². The van der Waals surface area contributed by atoms with E-state index in [0.717, 1.165) is 64.9 Å². The van der Waals surface area contributed by atoms with Crippen molar-refractivity contribution in [3.63, 3.8) is 0 Å². The van der Waals surface area contributed by atoms with Crippen molar-refractivity contribution in [2.45, 2.75) is 31.3 Å². The van der Waals surface area contributed by atoms with Crippen LogP contribution in [0.2, 0.25) is 5.28 Å². The van der Waals surface area contributed by atoms with E-state index in [9.17, 15) is 4.79 Å². The first-order valence-electron chi connectivity index (χ1n) is 10.8. The van der Waals surface area contributed by atoms with Gasteiger partial charge in [0.05, 0.1) is 39.7 Å². The Balaban J connectivity index is 1.31. The van der Waals surface area contributed by atoms with Crippen molar-refractivity contribution in [2.75, 3.05) is 18.4 Å². The number of fused-ring (bicyclic) bond motifs is 6. The monoisotopic (exact) mass is 479 g/mol. The number of nitrogens with one attached hydrogen (secondary N) is 3. The molecule has 5 heterocycles. The lowest BCUT2D eigenvalue weighted by Gasteiger charge is -2.18. The Bertz CT molecular complexity index is 1480. The lowest BCUT2D eigenvalue weighted by molar-refractivity contribution is 0.0942. The number of ether oxygens (including phenoxy) is 1. The Hall–Kier alpha value is -3.08. The first kappa shape index (κ1) is 19.4. The smallest absolute Gasteiger partial charge is 0.264 e. The SMILES string of the molecule is O=C1NC2(CC2)CNc2c1sc1ccc3nc(Oc4nc(Cl)nc5c4CNCC5)cnc3c21. The highest BCUT2D eigenvalue weighted by Crippen LogP contribution is 2.44. The highest BCUT2D eigenvalue weighted by Gasteiger charge is 2.46. The summed E-state index contributed by atoms with van der Waals surface area (Å²) < 4.78 is 7.01. The second-order valence-electron chi connectivity index (χ2n) is 8.66. The molecule has 3 aromatic heterocycles. The van der Waals surface area contributed by atoms with Crippen molar-refractivity contribution in [1.82, 2.24) is 30.6 Å². The Morgan fingerprint density at radius 2 is 2.09 bits per heavy atom. The molecule has 4 aromatic rings. The minimum absolute atomic E-state index is 0.0196. The molecule has 1 amide bonds. The number of benzene rings is 1. The van der Waals surface area contributed by atoms with Gasteiger partial charge in [-0.3, -0.25) is 4.79 Å². The minimum atomic E-state index is -0.105. The Kier molecular flexibility index (Phi) is 4.09. The van der Waals surface area contributed by atoms with Crippen LogP contribution in [0.3, 0.4) is 0 Å². The molecule has 1 aliphatic carbocycles. The first-order valence-corrected chi connectivity index (χ1v) is 12.0. The van der Waals surface area contributed by atoms with Crippen molar-refractivity contribution < 1.29 is 9.53 Å². The second-order valence-corrected chi connectivity index (χ2v) is 10.1. The average molecular weight is 480 g/mol. The molecule has 0 radical (unpaired) electrons. The third-order valence-corrected chi connectivity index (χ3v) is 7.78. The summed E-state index contributed by atoms with van der Waals surface area (Å²) in [6.45, 7) is 2.17. The number of amides is 1. The number of carbonyl (C=O) groups excluding carboxylic acids is 1. The molecule has 3 aliphatic rings. The second kappa shape index (κ2) is 6.96. The van der Waals surface area contributed by atoms with Crippen LogP contribution in [0.1, 0.15) is 33.8 Å². The topological polar surface area (TPSA) is 114 Å². The molecule has 166 valence electrons. The number of rotatable bonds is 2. The predicted molar refractivity (Wildman–Crippen MR) is 125 cm³/mol. The maximum atomic E-state index is 12.8. The van der Waals surface area contributed by atoms with Crippen LogP contribution in [0, 0.1) is 0 Å². The zero-order valence-electron chi connectivity index (χ0n) is 17.4. The summed E-state index contributed by atoms with van der Waals surface area (Å²) in [5.41, 5.74) is 3.92. The van der Waals surface area contributed by atoms with Crippen LogP contribution in [0.25, 0.3) is 21.1 Å². The summed E-state index contributed by atoms with van der Waals surface area (Å²) in [6.07, 6.45) is 4.36. The fourth-order valence-electron chi connectivity index (χ4n) is 4.55. The van der Waals surface area contributed by atoms with Gasteiger partial charge < -0.3 is 20.7 Å². The van der Waals surface area contributed by atoms with Gasteiger partial charge in [0.2, 0.25) is 17.0 Å². The maximum Gasteiger partial charge on any atom is 0.264 e. The molecule has 2 aliphatic heterocycles. The quantitative estimate of drug-likeness (QED) is 0.375. The highest BCUT2D eigenvalue weighted by molar-refractivity contribution is 7.21. The summed E-state index contributed by atoms with van der Waals surface area (Å²) >= 11 is 7.59. The zero-order valence-corrected chi connectivity index (χ0v) is 18.9. The molecule has 0 saturated heterocycles. The van der Waals surface area contributed by atoms with E-state index < -0.39 is 0 Å². The maximum absolute atomic E-state index is 12.8. The molecule has 7 rings (SSSR count). The van der Waals surface area contributed by atoms with Gasteiger partial charge in [-0.15, -0.1) is 11.3 Å². The number of halogens is 1. The number of aromatic nitrogens is 4. The average Bonchev–Trinajstić information content (AvgIpc) is 3.49. The standard InChI is InChI=1S/C22H18ClN7O2S/c23-21-28-11-3-6-24-7-10(11)20(29-21)32-14-8-25-16-12(27-14)1-2-13-15(16)17-18(33-13)19(31)30-22(4-5-22)9-26-17/h1-2,8,24,26H,3-7,9H2,(H,30,31). The molecule has 11 heteroatoms. The van der Waals surface area contributed by atoms with Crippen LogP contribution in [0.15, 0.2) is 18.3 Å². The molecule has 0 unspecified atom stereocenters. The number of thiophene rings is 1. The number of nitrogens with zero attached hydrogens (tertiary/aromatic N) is 4. The van der Waals surface area contributed by atoms with Crippen molar-refractivity contribution in [2.24, 2.45) is 0 Å². The van der Waals surface area contributed by atoms with Crippen LogP contribution in [-0.4, -0.2) is 44.5 Å². The number of carbonyl (C=O) groups is 1. The van der Waals surface area contributed by atoms with Gasteiger partial charge in [0, 0.05) is 36.1 Å². The van der Waals surface area contributed by atoms with Crippen molar-refractivity contribution in [3.05, 3.63) is 39.7 Å². The molecule has 33 heavy (non-hydrogen) atoms. The zero-order chi connectivity index (χ0) is 22.2. The molecule has 1 aromatic carbocycles. The van der Waals surface area contributed by atoms with Gasteiger partial charge in [0.15, 0.2) is 0 Å². The van der Waals surface area contributed by atoms with Crippen molar-refractivity contribution in [3.8, 4) is 11.8 Å². The van der Waals surface area contributed by atoms with E-state index in [1.165, 1.54) is 11.3 Å². The molecule has 0 atom stereocenters. The summed E-state index contributed by atoms with van der Waals surface area (Å²) in [6, 6.07) is 3.88. The highest BCUT2D eigenvalue weighted by atomic mass is 35.5. The van der Waals surface area contributed by atoms with Gasteiger partial charge in [0.1, 0.15) is 4.88 Å². The Labute approximate surface area is 197 Å². The van der Waals surface area contributed by atoms with Crippen LogP contribution in [0.5, 0.6) is 11.8 Å². The molecule has 0 bridgehead atoms. The third kappa shape index (κ3) is 3.12. The summed E-state index contributed by atoms with van der Waals surface area (Å²) in [5.74, 6) is 0.700.